The summed E-state index contributed by atoms with van der Waals surface area (Å²) in [7, 11) is 0. The Morgan fingerprint density at radius 3 is 2.58 bits per heavy atom. The van der Waals surface area contributed by atoms with Crippen LogP contribution in [-0.4, -0.2) is 50.1 Å². The van der Waals surface area contributed by atoms with Crippen LogP contribution < -0.4 is 0 Å². The van der Waals surface area contributed by atoms with Crippen molar-refractivity contribution in [3.8, 4) is 11.3 Å². The average Bonchev–Trinajstić information content (AvgIpc) is 2.95. The lowest BCUT2D eigenvalue weighted by molar-refractivity contribution is -0.0884. The van der Waals surface area contributed by atoms with Crippen LogP contribution in [-0.2, 0) is 11.3 Å². The summed E-state index contributed by atoms with van der Waals surface area (Å²) < 4.78 is 34.0. The molecule has 1 unspecified atom stereocenters. The molecule has 3 rings (SSSR count). The van der Waals surface area contributed by atoms with Gasteiger partial charge in [0, 0.05) is 19.6 Å². The predicted octanol–water partition coefficient (Wildman–Crippen LogP) is 1.52. The zero-order valence-corrected chi connectivity index (χ0v) is 13.0. The second-order valence-electron chi connectivity index (χ2n) is 6.12. The van der Waals surface area contributed by atoms with Gasteiger partial charge in [-0.25, -0.2) is 13.5 Å². The molecule has 6 nitrogen and oxygen atoms in total. The summed E-state index contributed by atoms with van der Waals surface area (Å²) >= 11 is 0. The van der Waals surface area contributed by atoms with E-state index in [0.717, 1.165) is 12.1 Å². The molecular formula is C16H19F2N3O3. The van der Waals surface area contributed by atoms with E-state index in [9.17, 15) is 19.0 Å². The average molecular weight is 339 g/mol. The predicted molar refractivity (Wildman–Crippen MR) is 81.0 cm³/mol. The van der Waals surface area contributed by atoms with Gasteiger partial charge >= 0.3 is 0 Å². The van der Waals surface area contributed by atoms with Crippen LogP contribution in [0.25, 0.3) is 11.3 Å². The molecule has 0 amide bonds. The third kappa shape index (κ3) is 3.77. The molecule has 0 saturated carbocycles. The van der Waals surface area contributed by atoms with Crippen molar-refractivity contribution < 1.29 is 23.7 Å². The van der Waals surface area contributed by atoms with Crippen molar-refractivity contribution in [3.05, 3.63) is 36.0 Å². The topological polar surface area (TPSA) is 80.4 Å². The van der Waals surface area contributed by atoms with Gasteiger partial charge in [-0.15, -0.1) is 5.10 Å². The number of rotatable bonds is 5. The standard InChI is InChI=1S/C16H19F2N3O3/c17-12-2-1-3-13(18)15(12)14-10-21(20-19-14)9-11(22)8-16(23)4-6-24-7-5-16/h1-3,10-11,22-23H,4-9H2. The van der Waals surface area contributed by atoms with Crippen LogP contribution >= 0.6 is 0 Å². The molecule has 8 heteroatoms. The van der Waals surface area contributed by atoms with Crippen LogP contribution in [0.4, 0.5) is 8.78 Å². The third-order valence-electron chi connectivity index (χ3n) is 4.19. The number of aliphatic hydroxyl groups is 2. The molecule has 1 aromatic carbocycles. The Hall–Kier alpha value is -1.90. The monoisotopic (exact) mass is 339 g/mol. The second-order valence-corrected chi connectivity index (χ2v) is 6.12. The molecule has 1 saturated heterocycles. The van der Waals surface area contributed by atoms with E-state index in [1.165, 1.54) is 16.9 Å². The van der Waals surface area contributed by atoms with Gasteiger partial charge in [0.05, 0.1) is 30.0 Å². The zero-order valence-electron chi connectivity index (χ0n) is 13.0. The first-order valence-electron chi connectivity index (χ1n) is 7.80. The third-order valence-corrected chi connectivity index (χ3v) is 4.19. The molecule has 1 atom stereocenters. The molecule has 0 bridgehead atoms. The minimum atomic E-state index is -0.960. The van der Waals surface area contributed by atoms with Crippen LogP contribution in [0.3, 0.4) is 0 Å². The Morgan fingerprint density at radius 1 is 1.25 bits per heavy atom. The van der Waals surface area contributed by atoms with E-state index in [-0.39, 0.29) is 24.2 Å². The minimum absolute atomic E-state index is 0.0579. The number of halogens is 2. The van der Waals surface area contributed by atoms with Gasteiger partial charge in [0.25, 0.3) is 0 Å². The van der Waals surface area contributed by atoms with Crippen molar-refractivity contribution in [1.29, 1.82) is 0 Å². The lowest BCUT2D eigenvalue weighted by Crippen LogP contribution is -2.40. The van der Waals surface area contributed by atoms with Crippen LogP contribution in [0, 0.1) is 11.6 Å². The number of nitrogens with zero attached hydrogens (tertiary/aromatic N) is 3. The number of hydrogen-bond donors (Lipinski definition) is 2. The Morgan fingerprint density at radius 2 is 1.92 bits per heavy atom. The largest absolute Gasteiger partial charge is 0.391 e. The fraction of sp³-hybridized carbons (Fsp3) is 0.500. The summed E-state index contributed by atoms with van der Waals surface area (Å²) in [4.78, 5) is 0. The molecule has 0 radical (unpaired) electrons. The zero-order chi connectivity index (χ0) is 17.2. The number of hydrogen-bond acceptors (Lipinski definition) is 5. The summed E-state index contributed by atoms with van der Waals surface area (Å²) in [6.45, 7) is 0.999. The van der Waals surface area contributed by atoms with E-state index in [4.69, 9.17) is 4.74 Å². The summed E-state index contributed by atoms with van der Waals surface area (Å²) in [6, 6.07) is 3.57. The Kier molecular flexibility index (Phi) is 4.88. The summed E-state index contributed by atoms with van der Waals surface area (Å²) in [5, 5.41) is 28.1. The molecular weight excluding hydrogens is 320 g/mol. The molecule has 2 heterocycles. The molecule has 2 N–H and O–H groups in total. The highest BCUT2D eigenvalue weighted by molar-refractivity contribution is 5.59. The van der Waals surface area contributed by atoms with E-state index in [0.29, 0.717) is 26.1 Å². The smallest absolute Gasteiger partial charge is 0.135 e. The van der Waals surface area contributed by atoms with E-state index in [1.807, 2.05) is 0 Å². The maximum atomic E-state index is 13.8. The fourth-order valence-electron chi connectivity index (χ4n) is 2.92. The van der Waals surface area contributed by atoms with Gasteiger partial charge in [0.2, 0.25) is 0 Å². The van der Waals surface area contributed by atoms with Crippen LogP contribution in [0.1, 0.15) is 19.3 Å². The van der Waals surface area contributed by atoms with Gasteiger partial charge in [-0.1, -0.05) is 11.3 Å². The maximum Gasteiger partial charge on any atom is 0.135 e. The second kappa shape index (κ2) is 6.92. The minimum Gasteiger partial charge on any atom is -0.391 e. The van der Waals surface area contributed by atoms with Gasteiger partial charge in [-0.05, 0) is 25.0 Å². The van der Waals surface area contributed by atoms with Crippen molar-refractivity contribution in [3.63, 3.8) is 0 Å². The first-order chi connectivity index (χ1) is 11.5. The van der Waals surface area contributed by atoms with Crippen molar-refractivity contribution in [1.82, 2.24) is 15.0 Å². The van der Waals surface area contributed by atoms with Gasteiger partial charge in [0.15, 0.2) is 0 Å². The van der Waals surface area contributed by atoms with Gasteiger partial charge in [-0.2, -0.15) is 0 Å². The Balaban J connectivity index is 1.67. The van der Waals surface area contributed by atoms with E-state index < -0.39 is 23.3 Å². The van der Waals surface area contributed by atoms with Crippen molar-refractivity contribution in [2.75, 3.05) is 13.2 Å². The molecule has 2 aromatic rings. The normalized spacial score (nSPS) is 18.5. The number of aromatic nitrogens is 3. The number of ether oxygens (including phenoxy) is 1. The molecule has 0 spiro atoms. The van der Waals surface area contributed by atoms with Crippen LogP contribution in [0.2, 0.25) is 0 Å². The molecule has 1 fully saturated rings. The lowest BCUT2D eigenvalue weighted by Gasteiger charge is -2.33. The fourth-order valence-corrected chi connectivity index (χ4v) is 2.92. The first-order valence-corrected chi connectivity index (χ1v) is 7.80. The molecule has 24 heavy (non-hydrogen) atoms. The van der Waals surface area contributed by atoms with E-state index >= 15 is 0 Å². The van der Waals surface area contributed by atoms with E-state index in [2.05, 4.69) is 10.3 Å². The van der Waals surface area contributed by atoms with Crippen molar-refractivity contribution in [2.45, 2.75) is 37.5 Å². The van der Waals surface area contributed by atoms with Crippen LogP contribution in [0.5, 0.6) is 0 Å². The van der Waals surface area contributed by atoms with Crippen LogP contribution in [0.15, 0.2) is 24.4 Å². The number of benzene rings is 1. The van der Waals surface area contributed by atoms with Crippen molar-refractivity contribution >= 4 is 0 Å². The maximum absolute atomic E-state index is 13.8. The molecule has 1 aliphatic rings. The highest BCUT2D eigenvalue weighted by Crippen LogP contribution is 2.27. The SMILES string of the molecule is OC(Cn1cc(-c2c(F)cccc2F)nn1)CC1(O)CCOCC1. The summed E-state index contributed by atoms with van der Waals surface area (Å²) in [6.07, 6.45) is 1.63. The van der Waals surface area contributed by atoms with Crippen molar-refractivity contribution in [2.24, 2.45) is 0 Å². The molecule has 1 aromatic heterocycles. The van der Waals surface area contributed by atoms with Gasteiger partial charge in [-0.3, -0.25) is 0 Å². The van der Waals surface area contributed by atoms with Gasteiger partial charge in [0.1, 0.15) is 17.3 Å². The highest BCUT2D eigenvalue weighted by atomic mass is 19.1. The lowest BCUT2D eigenvalue weighted by atomic mass is 9.88. The highest BCUT2D eigenvalue weighted by Gasteiger charge is 2.32. The molecule has 1 aliphatic heterocycles. The molecule has 0 aliphatic carbocycles. The van der Waals surface area contributed by atoms with Gasteiger partial charge < -0.3 is 14.9 Å². The Bertz CT molecular complexity index is 681. The summed E-state index contributed by atoms with van der Waals surface area (Å²) in [5.74, 6) is -1.45. The quantitative estimate of drug-likeness (QED) is 0.863. The summed E-state index contributed by atoms with van der Waals surface area (Å²) in [5.41, 5.74) is -1.15. The van der Waals surface area contributed by atoms with E-state index in [1.54, 1.807) is 0 Å². The Labute approximate surface area is 137 Å². The number of aliphatic hydroxyl groups excluding tert-OH is 1. The molecule has 130 valence electrons. The first kappa shape index (κ1) is 16.9.